The van der Waals surface area contributed by atoms with Gasteiger partial charge in [0.1, 0.15) is 0 Å². The topological polar surface area (TPSA) is 77.9 Å². The molecule has 1 aliphatic rings. The van der Waals surface area contributed by atoms with E-state index >= 15 is 0 Å². The van der Waals surface area contributed by atoms with Gasteiger partial charge in [-0.3, -0.25) is 4.79 Å². The van der Waals surface area contributed by atoms with Crippen LogP contribution in [0.2, 0.25) is 0 Å². The van der Waals surface area contributed by atoms with Gasteiger partial charge in [0.15, 0.2) is 17.4 Å². The highest BCUT2D eigenvalue weighted by Gasteiger charge is 2.29. The van der Waals surface area contributed by atoms with Crippen molar-refractivity contribution in [3.63, 3.8) is 0 Å². The highest BCUT2D eigenvalue weighted by Crippen LogP contribution is 2.33. The van der Waals surface area contributed by atoms with Crippen molar-refractivity contribution in [2.45, 2.75) is 25.2 Å². The number of amides is 1. The molecule has 3 rings (SSSR count). The molecule has 1 amide bonds. The van der Waals surface area contributed by atoms with Crippen molar-refractivity contribution < 1.29 is 27.1 Å². The zero-order chi connectivity index (χ0) is 20.6. The van der Waals surface area contributed by atoms with Crippen LogP contribution in [-0.2, 0) is 16.4 Å². The van der Waals surface area contributed by atoms with E-state index in [0.29, 0.717) is 30.8 Å². The van der Waals surface area contributed by atoms with Gasteiger partial charge >= 0.3 is 0 Å². The van der Waals surface area contributed by atoms with Gasteiger partial charge in [-0.15, -0.1) is 0 Å². The number of benzene rings is 2. The van der Waals surface area contributed by atoms with Gasteiger partial charge in [-0.05, 0) is 42.3 Å². The normalized spacial score (nSPS) is 13.8. The molecule has 150 valence electrons. The smallest absolute Gasteiger partial charge is 0.258 e. The Morgan fingerprint density at radius 1 is 1.14 bits per heavy atom. The number of halogens is 2. The number of hydrogen-bond acceptors (Lipinski definition) is 4. The van der Waals surface area contributed by atoms with E-state index in [1.807, 2.05) is 0 Å². The van der Waals surface area contributed by atoms with E-state index in [1.54, 1.807) is 13.8 Å². The maximum atomic E-state index is 13.6. The van der Waals surface area contributed by atoms with E-state index in [4.69, 9.17) is 0 Å². The van der Waals surface area contributed by atoms with Crippen LogP contribution in [-0.4, -0.2) is 43.4 Å². The lowest BCUT2D eigenvalue weighted by Crippen LogP contribution is -2.31. The van der Waals surface area contributed by atoms with Gasteiger partial charge in [0.05, 0.1) is 4.90 Å². The Kier molecular flexibility index (Phi) is 5.40. The third-order valence-corrected chi connectivity index (χ3v) is 6.84. The van der Waals surface area contributed by atoms with Crippen LogP contribution >= 0.6 is 0 Å². The molecule has 0 fully saturated rings. The molecule has 1 N–H and O–H groups in total. The van der Waals surface area contributed by atoms with Crippen molar-refractivity contribution in [3.05, 3.63) is 53.1 Å². The summed E-state index contributed by atoms with van der Waals surface area (Å²) < 4.78 is 53.9. The van der Waals surface area contributed by atoms with Crippen LogP contribution in [0.25, 0.3) is 0 Å². The van der Waals surface area contributed by atoms with E-state index in [-0.39, 0.29) is 17.0 Å². The molecule has 28 heavy (non-hydrogen) atoms. The van der Waals surface area contributed by atoms with Gasteiger partial charge in [0.25, 0.3) is 5.91 Å². The van der Waals surface area contributed by atoms with E-state index in [2.05, 4.69) is 0 Å². The molecule has 0 spiro atoms. The zero-order valence-corrected chi connectivity index (χ0v) is 16.3. The Balaban J connectivity index is 1.94. The SMILES string of the molecule is CCN(CC)S(=O)(=O)c1ccc2c(c1)CCN2C(=O)c1cc(F)c(O)c(F)c1. The molecule has 6 nitrogen and oxygen atoms in total. The summed E-state index contributed by atoms with van der Waals surface area (Å²) in [5.74, 6) is -4.20. The Labute approximate surface area is 162 Å². The maximum Gasteiger partial charge on any atom is 0.258 e. The van der Waals surface area contributed by atoms with Crippen molar-refractivity contribution in [2.24, 2.45) is 0 Å². The number of nitrogens with zero attached hydrogens (tertiary/aromatic N) is 2. The Bertz CT molecular complexity index is 1010. The van der Waals surface area contributed by atoms with Gasteiger partial charge in [0, 0.05) is 30.9 Å². The number of phenols is 1. The first-order valence-electron chi connectivity index (χ1n) is 8.83. The average molecular weight is 410 g/mol. The molecular weight excluding hydrogens is 390 g/mol. The first-order chi connectivity index (χ1) is 13.2. The molecule has 0 aromatic heterocycles. The van der Waals surface area contributed by atoms with Crippen molar-refractivity contribution in [1.29, 1.82) is 0 Å². The molecule has 0 atom stereocenters. The predicted octanol–water partition coefficient (Wildman–Crippen LogP) is 2.90. The number of rotatable bonds is 5. The second-order valence-electron chi connectivity index (χ2n) is 6.38. The van der Waals surface area contributed by atoms with Crippen LogP contribution in [0.15, 0.2) is 35.2 Å². The van der Waals surface area contributed by atoms with Gasteiger partial charge in [-0.25, -0.2) is 17.2 Å². The summed E-state index contributed by atoms with van der Waals surface area (Å²) in [6, 6.07) is 6.05. The molecule has 0 saturated heterocycles. The number of phenolic OH excluding ortho intramolecular Hbond substituents is 1. The van der Waals surface area contributed by atoms with Gasteiger partial charge < -0.3 is 10.0 Å². The Hall–Kier alpha value is -2.52. The number of fused-ring (bicyclic) bond motifs is 1. The van der Waals surface area contributed by atoms with Crippen LogP contribution < -0.4 is 4.90 Å². The first kappa shape index (κ1) is 20.2. The second kappa shape index (κ2) is 7.48. The fraction of sp³-hybridized carbons (Fsp3) is 0.316. The molecule has 0 unspecified atom stereocenters. The van der Waals surface area contributed by atoms with Gasteiger partial charge in [0.2, 0.25) is 10.0 Å². The minimum atomic E-state index is -3.63. The third kappa shape index (κ3) is 3.35. The zero-order valence-electron chi connectivity index (χ0n) is 15.4. The first-order valence-corrected chi connectivity index (χ1v) is 10.3. The minimum absolute atomic E-state index is 0.144. The van der Waals surface area contributed by atoms with Crippen LogP contribution in [0.4, 0.5) is 14.5 Å². The molecule has 2 aromatic rings. The number of carbonyl (C=O) groups excluding carboxylic acids is 1. The lowest BCUT2D eigenvalue weighted by molar-refractivity contribution is 0.0988. The summed E-state index contributed by atoms with van der Waals surface area (Å²) in [4.78, 5) is 14.2. The lowest BCUT2D eigenvalue weighted by atomic mass is 10.1. The highest BCUT2D eigenvalue weighted by atomic mass is 32.2. The summed E-state index contributed by atoms with van der Waals surface area (Å²) in [6.45, 7) is 4.46. The number of hydrogen-bond donors (Lipinski definition) is 1. The molecule has 0 bridgehead atoms. The van der Waals surface area contributed by atoms with E-state index in [9.17, 15) is 27.1 Å². The van der Waals surface area contributed by atoms with E-state index in [0.717, 1.165) is 12.1 Å². The fourth-order valence-corrected chi connectivity index (χ4v) is 4.82. The summed E-state index contributed by atoms with van der Waals surface area (Å²) in [6.07, 6.45) is 0.422. The molecule has 2 aromatic carbocycles. The lowest BCUT2D eigenvalue weighted by Gasteiger charge is -2.20. The predicted molar refractivity (Wildman–Crippen MR) is 100.0 cm³/mol. The fourth-order valence-electron chi connectivity index (χ4n) is 3.31. The monoisotopic (exact) mass is 410 g/mol. The molecule has 0 saturated carbocycles. The third-order valence-electron chi connectivity index (χ3n) is 4.80. The van der Waals surface area contributed by atoms with E-state index in [1.165, 1.54) is 27.4 Å². The second-order valence-corrected chi connectivity index (χ2v) is 8.31. The molecule has 0 radical (unpaired) electrons. The van der Waals surface area contributed by atoms with Gasteiger partial charge in [-0.1, -0.05) is 13.8 Å². The minimum Gasteiger partial charge on any atom is -0.503 e. The maximum absolute atomic E-state index is 13.6. The molecule has 1 heterocycles. The van der Waals surface area contributed by atoms with Gasteiger partial charge in [-0.2, -0.15) is 4.31 Å². The Morgan fingerprint density at radius 3 is 2.32 bits per heavy atom. The largest absolute Gasteiger partial charge is 0.503 e. The number of aromatic hydroxyl groups is 1. The van der Waals surface area contributed by atoms with Crippen molar-refractivity contribution in [3.8, 4) is 5.75 Å². The summed E-state index contributed by atoms with van der Waals surface area (Å²) >= 11 is 0. The molecule has 1 aliphatic heterocycles. The molecular formula is C19H20F2N2O4S. The number of sulfonamides is 1. The number of carbonyl (C=O) groups is 1. The number of anilines is 1. The quantitative estimate of drug-likeness (QED) is 0.822. The van der Waals surface area contributed by atoms with Crippen LogP contribution in [0.3, 0.4) is 0 Å². The highest BCUT2D eigenvalue weighted by molar-refractivity contribution is 7.89. The molecule has 9 heteroatoms. The molecule has 0 aliphatic carbocycles. The summed E-state index contributed by atoms with van der Waals surface area (Å²) in [5, 5.41) is 9.19. The standard InChI is InChI=1S/C19H20F2N2O4S/c1-3-22(4-2)28(26,27)14-5-6-17-12(9-14)7-8-23(17)19(25)13-10-15(20)18(24)16(21)11-13/h5-6,9-11,24H,3-4,7-8H2,1-2H3. The van der Waals surface area contributed by atoms with Crippen molar-refractivity contribution in [1.82, 2.24) is 4.31 Å². The van der Waals surface area contributed by atoms with Crippen LogP contribution in [0.1, 0.15) is 29.8 Å². The van der Waals surface area contributed by atoms with Crippen molar-refractivity contribution in [2.75, 3.05) is 24.5 Å². The van der Waals surface area contributed by atoms with Crippen molar-refractivity contribution >= 4 is 21.6 Å². The van der Waals surface area contributed by atoms with Crippen LogP contribution in [0.5, 0.6) is 5.75 Å². The summed E-state index contributed by atoms with van der Waals surface area (Å²) in [5.41, 5.74) is 0.930. The summed E-state index contributed by atoms with van der Waals surface area (Å²) in [7, 11) is -3.63. The van der Waals surface area contributed by atoms with Crippen LogP contribution in [0, 0.1) is 11.6 Å². The average Bonchev–Trinajstić information content (AvgIpc) is 3.09. The van der Waals surface area contributed by atoms with E-state index < -0.39 is 33.3 Å². The Morgan fingerprint density at radius 2 is 1.75 bits per heavy atom.